The lowest BCUT2D eigenvalue weighted by atomic mass is 10.0. The van der Waals surface area contributed by atoms with Crippen molar-refractivity contribution in [1.29, 1.82) is 0 Å². The van der Waals surface area contributed by atoms with E-state index in [1.54, 1.807) is 37.4 Å². The summed E-state index contributed by atoms with van der Waals surface area (Å²) in [6.45, 7) is 4.24. The van der Waals surface area contributed by atoms with E-state index in [0.29, 0.717) is 28.3 Å². The van der Waals surface area contributed by atoms with E-state index in [1.807, 2.05) is 25.1 Å². The summed E-state index contributed by atoms with van der Waals surface area (Å²) in [7, 11) is 1.34. The van der Waals surface area contributed by atoms with Crippen molar-refractivity contribution >= 4 is 34.5 Å². The van der Waals surface area contributed by atoms with Gasteiger partial charge in [0.1, 0.15) is 10.6 Å². The van der Waals surface area contributed by atoms with Gasteiger partial charge in [0.25, 0.3) is 0 Å². The number of carbonyl (C=O) groups is 2. The quantitative estimate of drug-likeness (QED) is 0.357. The average molecular weight is 466 g/mol. The number of thiophene rings is 1. The van der Waals surface area contributed by atoms with E-state index in [0.717, 1.165) is 27.3 Å². The SMILES string of the molecule is CCOC(=O)c1c(N=Cc2ccc(C(=O)OC)cc2)sc(C)c1Cc1ccc2c(c1)OCO2. The maximum absolute atomic E-state index is 12.9. The van der Waals surface area contributed by atoms with Gasteiger partial charge >= 0.3 is 11.9 Å². The van der Waals surface area contributed by atoms with Gasteiger partial charge in [0.05, 0.1) is 19.3 Å². The number of aliphatic imine (C=N–C) groups is 1. The Morgan fingerprint density at radius 3 is 2.58 bits per heavy atom. The lowest BCUT2D eigenvalue weighted by Crippen LogP contribution is -2.07. The monoisotopic (exact) mass is 465 g/mol. The lowest BCUT2D eigenvalue weighted by Gasteiger charge is -2.08. The second-order valence-electron chi connectivity index (χ2n) is 7.27. The minimum atomic E-state index is -0.398. The van der Waals surface area contributed by atoms with Gasteiger partial charge in [-0.25, -0.2) is 14.6 Å². The van der Waals surface area contributed by atoms with Crippen molar-refractivity contribution in [3.8, 4) is 11.5 Å². The fraction of sp³-hybridized carbons (Fsp3) is 0.240. The molecule has 0 aliphatic carbocycles. The Bertz CT molecular complexity index is 1210. The Kier molecular flexibility index (Phi) is 6.74. The van der Waals surface area contributed by atoms with Crippen molar-refractivity contribution in [2.75, 3.05) is 20.5 Å². The van der Waals surface area contributed by atoms with E-state index in [-0.39, 0.29) is 13.4 Å². The summed E-state index contributed by atoms with van der Waals surface area (Å²) in [4.78, 5) is 30.1. The highest BCUT2D eigenvalue weighted by molar-refractivity contribution is 7.16. The van der Waals surface area contributed by atoms with Crippen LogP contribution in [-0.4, -0.2) is 38.7 Å². The molecular formula is C25H23NO6S. The minimum Gasteiger partial charge on any atom is -0.465 e. The maximum Gasteiger partial charge on any atom is 0.341 e. The predicted molar refractivity (Wildman–Crippen MR) is 125 cm³/mol. The van der Waals surface area contributed by atoms with Crippen molar-refractivity contribution in [1.82, 2.24) is 0 Å². The number of carbonyl (C=O) groups excluding carboxylic acids is 2. The van der Waals surface area contributed by atoms with E-state index >= 15 is 0 Å². The van der Waals surface area contributed by atoms with Crippen LogP contribution in [0.2, 0.25) is 0 Å². The first-order valence-electron chi connectivity index (χ1n) is 10.4. The second kappa shape index (κ2) is 9.87. The summed E-state index contributed by atoms with van der Waals surface area (Å²) in [6.07, 6.45) is 2.20. The largest absolute Gasteiger partial charge is 0.465 e. The topological polar surface area (TPSA) is 83.4 Å². The molecule has 0 spiro atoms. The normalized spacial score (nSPS) is 12.2. The average Bonchev–Trinajstić information content (AvgIpc) is 3.41. The van der Waals surface area contributed by atoms with Crippen LogP contribution in [0.1, 0.15) is 49.2 Å². The molecule has 3 aromatic rings. The first-order chi connectivity index (χ1) is 16.0. The number of aryl methyl sites for hydroxylation is 1. The molecule has 0 radical (unpaired) electrons. The first kappa shape index (κ1) is 22.5. The number of hydrogen-bond acceptors (Lipinski definition) is 8. The van der Waals surface area contributed by atoms with E-state index < -0.39 is 11.9 Å². The van der Waals surface area contributed by atoms with Crippen LogP contribution in [0.3, 0.4) is 0 Å². The van der Waals surface area contributed by atoms with Gasteiger partial charge in [-0.05, 0) is 61.2 Å². The summed E-state index contributed by atoms with van der Waals surface area (Å²) >= 11 is 1.44. The molecule has 7 nitrogen and oxygen atoms in total. The molecule has 170 valence electrons. The van der Waals surface area contributed by atoms with Crippen molar-refractivity contribution in [3.63, 3.8) is 0 Å². The summed E-state index contributed by atoms with van der Waals surface area (Å²) < 4.78 is 20.9. The highest BCUT2D eigenvalue weighted by atomic mass is 32.1. The molecule has 1 aliphatic heterocycles. The molecule has 2 heterocycles. The molecule has 1 aromatic heterocycles. The molecule has 2 aromatic carbocycles. The molecule has 4 rings (SSSR count). The Morgan fingerprint density at radius 2 is 1.85 bits per heavy atom. The summed E-state index contributed by atoms with van der Waals surface area (Å²) in [6, 6.07) is 12.7. The van der Waals surface area contributed by atoms with Crippen LogP contribution in [0.5, 0.6) is 11.5 Å². The second-order valence-corrected chi connectivity index (χ2v) is 8.48. The zero-order chi connectivity index (χ0) is 23.4. The van der Waals surface area contributed by atoms with Crippen molar-refractivity contribution in [2.24, 2.45) is 4.99 Å². The van der Waals surface area contributed by atoms with Crippen LogP contribution in [0.25, 0.3) is 0 Å². The van der Waals surface area contributed by atoms with Crippen LogP contribution in [-0.2, 0) is 15.9 Å². The molecule has 0 amide bonds. The molecule has 0 unspecified atom stereocenters. The Labute approximate surface area is 195 Å². The summed E-state index contributed by atoms with van der Waals surface area (Å²) in [5.41, 5.74) is 3.60. The van der Waals surface area contributed by atoms with Gasteiger partial charge in [0, 0.05) is 11.1 Å². The highest BCUT2D eigenvalue weighted by Crippen LogP contribution is 2.39. The van der Waals surface area contributed by atoms with E-state index in [2.05, 4.69) is 4.99 Å². The molecule has 0 N–H and O–H groups in total. The first-order valence-corrected chi connectivity index (χ1v) is 11.2. The van der Waals surface area contributed by atoms with Gasteiger partial charge in [0.15, 0.2) is 11.5 Å². The van der Waals surface area contributed by atoms with Crippen molar-refractivity contribution < 1.29 is 28.5 Å². The van der Waals surface area contributed by atoms with E-state index in [4.69, 9.17) is 18.9 Å². The number of esters is 2. The zero-order valence-electron chi connectivity index (χ0n) is 18.5. The smallest absolute Gasteiger partial charge is 0.341 e. The van der Waals surface area contributed by atoms with Gasteiger partial charge < -0.3 is 18.9 Å². The minimum absolute atomic E-state index is 0.212. The Balaban J connectivity index is 1.64. The maximum atomic E-state index is 12.9. The molecule has 0 fully saturated rings. The lowest BCUT2D eigenvalue weighted by molar-refractivity contribution is 0.0525. The third-order valence-electron chi connectivity index (χ3n) is 5.15. The van der Waals surface area contributed by atoms with Gasteiger partial charge in [-0.1, -0.05) is 18.2 Å². The van der Waals surface area contributed by atoms with Crippen molar-refractivity contribution in [2.45, 2.75) is 20.3 Å². The molecule has 33 heavy (non-hydrogen) atoms. The fourth-order valence-electron chi connectivity index (χ4n) is 3.49. The summed E-state index contributed by atoms with van der Waals surface area (Å²) in [5, 5.41) is 0.582. The number of rotatable bonds is 7. The standard InChI is InChI=1S/C25H23NO6S/c1-4-30-25(28)22-19(11-17-7-10-20-21(12-17)32-14-31-20)15(2)33-23(22)26-13-16-5-8-18(9-6-16)24(27)29-3/h5-10,12-13H,4,11,14H2,1-3H3. The van der Waals surface area contributed by atoms with E-state index in [9.17, 15) is 9.59 Å². The predicted octanol–water partition coefficient (Wildman–Crippen LogP) is 5.09. The van der Waals surface area contributed by atoms with Gasteiger partial charge in [-0.2, -0.15) is 0 Å². The number of benzene rings is 2. The third-order valence-corrected chi connectivity index (χ3v) is 6.21. The van der Waals surface area contributed by atoms with Crippen LogP contribution in [0.15, 0.2) is 47.5 Å². The molecule has 0 bridgehead atoms. The highest BCUT2D eigenvalue weighted by Gasteiger charge is 2.24. The van der Waals surface area contributed by atoms with Gasteiger partial charge in [-0.15, -0.1) is 11.3 Å². The zero-order valence-corrected chi connectivity index (χ0v) is 19.4. The number of ether oxygens (including phenoxy) is 4. The van der Waals surface area contributed by atoms with Crippen LogP contribution >= 0.6 is 11.3 Å². The van der Waals surface area contributed by atoms with Crippen molar-refractivity contribution in [3.05, 3.63) is 75.2 Å². The molecule has 0 saturated heterocycles. The van der Waals surface area contributed by atoms with Crippen LogP contribution in [0.4, 0.5) is 5.00 Å². The molecule has 0 atom stereocenters. The van der Waals surface area contributed by atoms with E-state index in [1.165, 1.54) is 18.4 Å². The van der Waals surface area contributed by atoms with Gasteiger partial charge in [-0.3, -0.25) is 0 Å². The van der Waals surface area contributed by atoms with Crippen LogP contribution in [0, 0.1) is 6.92 Å². The number of methoxy groups -OCH3 is 1. The molecule has 8 heteroatoms. The molecular weight excluding hydrogens is 442 g/mol. The third kappa shape index (κ3) is 4.90. The fourth-order valence-corrected chi connectivity index (χ4v) is 4.49. The van der Waals surface area contributed by atoms with Gasteiger partial charge in [0.2, 0.25) is 6.79 Å². The number of fused-ring (bicyclic) bond motifs is 1. The number of nitrogens with zero attached hydrogens (tertiary/aromatic N) is 1. The Hall–Kier alpha value is -3.65. The number of hydrogen-bond donors (Lipinski definition) is 0. The Morgan fingerprint density at radius 1 is 1.09 bits per heavy atom. The van der Waals surface area contributed by atoms with Crippen LogP contribution < -0.4 is 9.47 Å². The summed E-state index contributed by atoms with van der Waals surface area (Å²) in [5.74, 6) is 0.623. The molecule has 0 saturated carbocycles. The molecule has 1 aliphatic rings.